The van der Waals surface area contributed by atoms with Crippen molar-refractivity contribution < 1.29 is 9.53 Å². The average molecular weight is 418 g/mol. The Morgan fingerprint density at radius 3 is 2.40 bits per heavy atom. The topological polar surface area (TPSA) is 82.9 Å². The fourth-order valence-corrected chi connectivity index (χ4v) is 4.20. The van der Waals surface area contributed by atoms with E-state index in [1.54, 1.807) is 0 Å². The molecule has 0 aliphatic carbocycles. The van der Waals surface area contributed by atoms with Gasteiger partial charge in [0, 0.05) is 30.4 Å². The quantitative estimate of drug-likeness (QED) is 0.636. The zero-order chi connectivity index (χ0) is 21.7. The maximum absolute atomic E-state index is 11.9. The Morgan fingerprint density at radius 2 is 1.80 bits per heavy atom. The van der Waals surface area contributed by atoms with E-state index < -0.39 is 0 Å². The molecule has 2 heterocycles. The maximum Gasteiger partial charge on any atom is 0.407 e. The normalized spacial score (nSPS) is 19.5. The van der Waals surface area contributed by atoms with Gasteiger partial charge in [-0.15, -0.1) is 0 Å². The lowest BCUT2D eigenvalue weighted by Gasteiger charge is -2.34. The average Bonchev–Trinajstić information content (AvgIpc) is 2.68. The first kappa shape index (κ1) is 22.5. The van der Waals surface area contributed by atoms with E-state index in [4.69, 9.17) is 10.5 Å². The number of alkyl carbamates (subject to hydrolysis) is 1. The van der Waals surface area contributed by atoms with E-state index in [1.807, 2.05) is 20.8 Å². The summed E-state index contributed by atoms with van der Waals surface area (Å²) in [6.07, 6.45) is 4.00. The molecule has 2 fully saturated rings. The molecule has 4 N–H and O–H groups in total. The van der Waals surface area contributed by atoms with Gasteiger partial charge >= 0.3 is 6.09 Å². The molecule has 3 rings (SSSR count). The number of piperidine rings is 2. The molecule has 0 radical (unpaired) electrons. The summed E-state index contributed by atoms with van der Waals surface area (Å²) in [5.74, 6) is 0.401. The van der Waals surface area contributed by atoms with Gasteiger partial charge in [0.25, 0.3) is 0 Å². The third kappa shape index (κ3) is 6.69. The van der Waals surface area contributed by atoms with Crippen LogP contribution in [0.25, 0.3) is 0 Å². The monoisotopic (exact) mass is 417 g/mol. The van der Waals surface area contributed by atoms with Crippen molar-refractivity contribution >= 4 is 23.2 Å². The highest BCUT2D eigenvalue weighted by atomic mass is 16.5. The number of carbonyl (C=O) groups excluding carboxylic acids is 1. The molecule has 2 aliphatic rings. The van der Waals surface area contributed by atoms with Gasteiger partial charge in [-0.2, -0.15) is 0 Å². The summed E-state index contributed by atoms with van der Waals surface area (Å²) in [7, 11) is 2.18. The summed E-state index contributed by atoms with van der Waals surface area (Å²) in [5.41, 5.74) is 9.17. The molecule has 7 nitrogen and oxygen atoms in total. The van der Waals surface area contributed by atoms with Crippen LogP contribution in [0.2, 0.25) is 0 Å². The first-order chi connectivity index (χ1) is 14.2. The van der Waals surface area contributed by atoms with Gasteiger partial charge in [0.05, 0.1) is 18.0 Å². The fourth-order valence-electron chi connectivity index (χ4n) is 4.20. The largest absolute Gasteiger partial charge is 0.449 e. The third-order valence-corrected chi connectivity index (χ3v) is 6.00. The van der Waals surface area contributed by atoms with Crippen LogP contribution in [0.15, 0.2) is 18.2 Å². The molecule has 0 bridgehead atoms. The van der Waals surface area contributed by atoms with Crippen molar-refractivity contribution in [3.8, 4) is 0 Å². The van der Waals surface area contributed by atoms with Gasteiger partial charge in [0.15, 0.2) is 0 Å². The molecule has 0 saturated carbocycles. The summed E-state index contributed by atoms with van der Waals surface area (Å²) in [6, 6.07) is 6.88. The third-order valence-electron chi connectivity index (χ3n) is 6.00. The van der Waals surface area contributed by atoms with Crippen molar-refractivity contribution in [3.63, 3.8) is 0 Å². The van der Waals surface area contributed by atoms with Crippen LogP contribution in [0, 0.1) is 5.92 Å². The van der Waals surface area contributed by atoms with E-state index in [0.29, 0.717) is 18.6 Å². The van der Waals surface area contributed by atoms with Crippen LogP contribution < -0.4 is 21.3 Å². The molecule has 1 aromatic rings. The zero-order valence-corrected chi connectivity index (χ0v) is 19.0. The Kier molecular flexibility index (Phi) is 7.34. The maximum atomic E-state index is 11.9. The first-order valence-corrected chi connectivity index (χ1v) is 11.2. The van der Waals surface area contributed by atoms with Crippen LogP contribution in [-0.4, -0.2) is 62.4 Å². The van der Waals surface area contributed by atoms with Crippen LogP contribution in [0.4, 0.5) is 21.9 Å². The number of hydrogen-bond acceptors (Lipinski definition) is 6. The van der Waals surface area contributed by atoms with Gasteiger partial charge < -0.3 is 30.9 Å². The second kappa shape index (κ2) is 9.77. The highest BCUT2D eigenvalue weighted by Crippen LogP contribution is 2.31. The Bertz CT molecular complexity index is 702. The van der Waals surface area contributed by atoms with E-state index in [1.165, 1.54) is 12.8 Å². The minimum absolute atomic E-state index is 0.271. The lowest BCUT2D eigenvalue weighted by Crippen LogP contribution is -2.42. The van der Waals surface area contributed by atoms with E-state index >= 15 is 0 Å². The predicted octanol–water partition coefficient (Wildman–Crippen LogP) is 3.52. The van der Waals surface area contributed by atoms with E-state index in [9.17, 15) is 4.79 Å². The van der Waals surface area contributed by atoms with Crippen LogP contribution in [0.5, 0.6) is 0 Å². The molecule has 1 amide bonds. The first-order valence-electron chi connectivity index (χ1n) is 11.2. The SMILES string of the molecule is CN1CCC(Nc2ccc(N3CCC(COC(=O)NC(C)(C)C)CC3)c(N)c2)CC1. The van der Waals surface area contributed by atoms with Crippen molar-refractivity contribution in [2.24, 2.45) is 5.92 Å². The minimum Gasteiger partial charge on any atom is -0.449 e. The van der Waals surface area contributed by atoms with Gasteiger partial charge in [-0.05, 0) is 90.7 Å². The minimum atomic E-state index is -0.332. The molecule has 0 spiro atoms. The van der Waals surface area contributed by atoms with Gasteiger partial charge in [0.1, 0.15) is 0 Å². The van der Waals surface area contributed by atoms with E-state index in [2.05, 4.69) is 45.7 Å². The summed E-state index contributed by atoms with van der Waals surface area (Å²) >= 11 is 0. The highest BCUT2D eigenvalue weighted by molar-refractivity contribution is 5.73. The Labute approximate surface area is 181 Å². The second-order valence-corrected chi connectivity index (χ2v) is 9.90. The second-order valence-electron chi connectivity index (χ2n) is 9.90. The number of benzene rings is 1. The number of nitrogens with two attached hydrogens (primary N) is 1. The van der Waals surface area contributed by atoms with Crippen LogP contribution in [0.3, 0.4) is 0 Å². The molecule has 7 heteroatoms. The number of nitrogen functional groups attached to an aromatic ring is 1. The van der Waals surface area contributed by atoms with E-state index in [0.717, 1.165) is 56.1 Å². The number of amides is 1. The molecule has 0 unspecified atom stereocenters. The number of anilines is 3. The number of nitrogens with one attached hydrogen (secondary N) is 2. The van der Waals surface area contributed by atoms with Crippen LogP contribution in [-0.2, 0) is 4.74 Å². The molecule has 2 aliphatic heterocycles. The molecule has 1 aromatic carbocycles. The molecule has 168 valence electrons. The Balaban J connectivity index is 1.45. The van der Waals surface area contributed by atoms with Crippen LogP contribution in [0.1, 0.15) is 46.5 Å². The Hall–Kier alpha value is -2.15. The molecular formula is C23H39N5O2. The van der Waals surface area contributed by atoms with Crippen molar-refractivity contribution in [1.29, 1.82) is 0 Å². The smallest absolute Gasteiger partial charge is 0.407 e. The van der Waals surface area contributed by atoms with Gasteiger partial charge in [-0.1, -0.05) is 0 Å². The number of likely N-dealkylation sites (tertiary alicyclic amines) is 1. The van der Waals surface area contributed by atoms with Crippen LogP contribution >= 0.6 is 0 Å². The number of ether oxygens (including phenoxy) is 1. The lowest BCUT2D eigenvalue weighted by molar-refractivity contribution is 0.113. The Morgan fingerprint density at radius 1 is 1.13 bits per heavy atom. The van der Waals surface area contributed by atoms with Crippen molar-refractivity contribution in [2.45, 2.75) is 58.0 Å². The van der Waals surface area contributed by atoms with Gasteiger partial charge in [-0.3, -0.25) is 0 Å². The summed E-state index contributed by atoms with van der Waals surface area (Å²) in [6.45, 7) is 10.5. The highest BCUT2D eigenvalue weighted by Gasteiger charge is 2.23. The molecule has 0 aromatic heterocycles. The van der Waals surface area contributed by atoms with Gasteiger partial charge in [0.2, 0.25) is 0 Å². The fraction of sp³-hybridized carbons (Fsp3) is 0.696. The number of nitrogens with zero attached hydrogens (tertiary/aromatic N) is 2. The molecule has 2 saturated heterocycles. The van der Waals surface area contributed by atoms with E-state index in [-0.39, 0.29) is 11.6 Å². The van der Waals surface area contributed by atoms with Crippen molar-refractivity contribution in [3.05, 3.63) is 18.2 Å². The molecular weight excluding hydrogens is 378 g/mol. The summed E-state index contributed by atoms with van der Waals surface area (Å²) in [4.78, 5) is 16.6. The summed E-state index contributed by atoms with van der Waals surface area (Å²) in [5, 5.41) is 6.48. The summed E-state index contributed by atoms with van der Waals surface area (Å²) < 4.78 is 5.41. The van der Waals surface area contributed by atoms with Gasteiger partial charge in [-0.25, -0.2) is 4.79 Å². The van der Waals surface area contributed by atoms with Crippen molar-refractivity contribution in [1.82, 2.24) is 10.2 Å². The number of rotatable bonds is 5. The molecule has 0 atom stereocenters. The lowest BCUT2D eigenvalue weighted by atomic mass is 9.97. The zero-order valence-electron chi connectivity index (χ0n) is 19.0. The van der Waals surface area contributed by atoms with Crippen molar-refractivity contribution in [2.75, 3.05) is 55.8 Å². The number of carbonyl (C=O) groups is 1. The number of hydrogen-bond donors (Lipinski definition) is 3. The predicted molar refractivity (Wildman–Crippen MR) is 124 cm³/mol. The standard InChI is InChI=1S/C23H39N5O2/c1-23(2,3)26-22(29)30-16-17-7-13-28(14-8-17)21-6-5-19(15-20(21)24)25-18-9-11-27(4)12-10-18/h5-6,15,17-18,25H,7-14,16,24H2,1-4H3,(H,26,29). The molecule has 30 heavy (non-hydrogen) atoms.